The lowest BCUT2D eigenvalue weighted by Gasteiger charge is -2.22. The highest BCUT2D eigenvalue weighted by Gasteiger charge is 2.23. The van der Waals surface area contributed by atoms with E-state index in [9.17, 15) is 9.59 Å². The molecule has 1 aromatic rings. The van der Waals surface area contributed by atoms with E-state index in [0.717, 1.165) is 30.9 Å². The van der Waals surface area contributed by atoms with Gasteiger partial charge in [-0.2, -0.15) is 0 Å². The van der Waals surface area contributed by atoms with Crippen molar-refractivity contribution < 1.29 is 19.1 Å². The fraction of sp³-hybridized carbons (Fsp3) is 0.636. The Bertz CT molecular complexity index is 687. The molecule has 0 aliphatic carbocycles. The molecule has 1 aromatic carbocycles. The van der Waals surface area contributed by atoms with Crippen molar-refractivity contribution in [3.8, 4) is 5.75 Å². The maximum Gasteiger partial charge on any atom is 0.407 e. The molecule has 1 heterocycles. The van der Waals surface area contributed by atoms with Crippen molar-refractivity contribution >= 4 is 17.7 Å². The van der Waals surface area contributed by atoms with E-state index >= 15 is 0 Å². The van der Waals surface area contributed by atoms with Crippen LogP contribution in [0.4, 0.5) is 10.5 Å². The Hall–Kier alpha value is -2.44. The van der Waals surface area contributed by atoms with Crippen molar-refractivity contribution in [2.24, 2.45) is 5.92 Å². The lowest BCUT2D eigenvalue weighted by atomic mass is 10.1. The molecule has 0 saturated carbocycles. The summed E-state index contributed by atoms with van der Waals surface area (Å²) in [6.07, 6.45) is 1.55. The van der Waals surface area contributed by atoms with Gasteiger partial charge in [-0.3, -0.25) is 4.79 Å². The van der Waals surface area contributed by atoms with Gasteiger partial charge in [0.25, 0.3) is 0 Å². The quantitative estimate of drug-likeness (QED) is 0.693. The second kappa shape index (κ2) is 10.4. The van der Waals surface area contributed by atoms with E-state index in [4.69, 9.17) is 9.47 Å². The summed E-state index contributed by atoms with van der Waals surface area (Å²) in [6.45, 7) is 9.91. The topological polar surface area (TPSA) is 79.9 Å². The number of amides is 2. The van der Waals surface area contributed by atoms with Gasteiger partial charge in [0.2, 0.25) is 5.91 Å². The highest BCUT2D eigenvalue weighted by Crippen LogP contribution is 2.26. The zero-order valence-electron chi connectivity index (χ0n) is 18.3. The molecular weight excluding hydrogens is 370 g/mol. The summed E-state index contributed by atoms with van der Waals surface area (Å²) in [5, 5.41) is 5.80. The van der Waals surface area contributed by atoms with Crippen LogP contribution in [0.1, 0.15) is 47.0 Å². The summed E-state index contributed by atoms with van der Waals surface area (Å²) in [7, 11) is 1.67. The van der Waals surface area contributed by atoms with Crippen molar-refractivity contribution in [3.05, 3.63) is 24.3 Å². The van der Waals surface area contributed by atoms with E-state index in [1.54, 1.807) is 7.11 Å². The van der Waals surface area contributed by atoms with Crippen LogP contribution in [0.5, 0.6) is 5.75 Å². The maximum atomic E-state index is 12.2. The molecule has 2 N–H and O–H groups in total. The first-order valence-corrected chi connectivity index (χ1v) is 10.3. The first kappa shape index (κ1) is 22.8. The van der Waals surface area contributed by atoms with Gasteiger partial charge < -0.3 is 25.0 Å². The van der Waals surface area contributed by atoms with E-state index in [1.165, 1.54) is 0 Å². The second-order valence-corrected chi connectivity index (χ2v) is 8.69. The molecule has 7 heteroatoms. The smallest absolute Gasteiger partial charge is 0.407 e. The largest absolute Gasteiger partial charge is 0.497 e. The number of ether oxygens (including phenoxy) is 2. The van der Waals surface area contributed by atoms with Crippen LogP contribution in [0, 0.1) is 5.92 Å². The molecule has 1 aliphatic rings. The Balaban J connectivity index is 1.66. The Morgan fingerprint density at radius 3 is 2.76 bits per heavy atom. The van der Waals surface area contributed by atoms with Crippen molar-refractivity contribution in [3.63, 3.8) is 0 Å². The van der Waals surface area contributed by atoms with Gasteiger partial charge in [0.15, 0.2) is 0 Å². The molecule has 2 rings (SSSR count). The molecule has 0 unspecified atom stereocenters. The van der Waals surface area contributed by atoms with Crippen LogP contribution in [-0.2, 0) is 9.53 Å². The molecule has 29 heavy (non-hydrogen) atoms. The Morgan fingerprint density at radius 2 is 2.07 bits per heavy atom. The van der Waals surface area contributed by atoms with Gasteiger partial charge in [0, 0.05) is 43.9 Å². The number of carbonyl (C=O) groups excluding carboxylic acids is 2. The van der Waals surface area contributed by atoms with Crippen LogP contribution >= 0.6 is 0 Å². The van der Waals surface area contributed by atoms with Crippen molar-refractivity contribution in [2.75, 3.05) is 31.6 Å². The average Bonchev–Trinajstić information content (AvgIpc) is 3.12. The standard InChI is InChI=1S/C22H35N3O4/c1-16(24-21(27)29-22(2,3)4)9-10-20(26)23-14-17-11-12-25(15-17)18-7-6-8-19(13-18)28-5/h6-8,13,16-17H,9-12,14-15H2,1-5H3,(H,23,26)(H,24,27)/t16-,17+/m1/s1. The Morgan fingerprint density at radius 1 is 1.31 bits per heavy atom. The number of hydrogen-bond acceptors (Lipinski definition) is 5. The van der Waals surface area contributed by atoms with E-state index in [-0.39, 0.29) is 11.9 Å². The summed E-state index contributed by atoms with van der Waals surface area (Å²) < 4.78 is 10.5. The highest BCUT2D eigenvalue weighted by molar-refractivity contribution is 5.76. The van der Waals surface area contributed by atoms with Gasteiger partial charge in [-0.1, -0.05) is 6.07 Å². The SMILES string of the molecule is COc1cccc(N2CC[C@@H](CNC(=O)CC[C@@H](C)NC(=O)OC(C)(C)C)C2)c1. The predicted molar refractivity (Wildman–Crippen MR) is 114 cm³/mol. The van der Waals surface area contributed by atoms with E-state index in [2.05, 4.69) is 21.6 Å². The normalized spacial score (nSPS) is 17.6. The molecule has 1 aliphatic heterocycles. The monoisotopic (exact) mass is 405 g/mol. The summed E-state index contributed by atoms with van der Waals surface area (Å²) >= 11 is 0. The third kappa shape index (κ3) is 8.21. The molecule has 162 valence electrons. The fourth-order valence-corrected chi connectivity index (χ4v) is 3.32. The van der Waals surface area contributed by atoms with Crippen LogP contribution in [0.2, 0.25) is 0 Å². The third-order valence-corrected chi connectivity index (χ3v) is 4.86. The number of hydrogen-bond donors (Lipinski definition) is 2. The number of carbonyl (C=O) groups is 2. The third-order valence-electron chi connectivity index (χ3n) is 4.86. The van der Waals surface area contributed by atoms with E-state index in [1.807, 2.05) is 45.9 Å². The summed E-state index contributed by atoms with van der Waals surface area (Å²) in [5.41, 5.74) is 0.626. The number of benzene rings is 1. The molecule has 2 amide bonds. The van der Waals surface area contributed by atoms with Gasteiger partial charge in [-0.25, -0.2) is 4.79 Å². The molecule has 7 nitrogen and oxygen atoms in total. The molecule has 0 spiro atoms. The number of methoxy groups -OCH3 is 1. The predicted octanol–water partition coefficient (Wildman–Crippen LogP) is 3.33. The molecule has 2 atom stereocenters. The minimum atomic E-state index is -0.527. The maximum absolute atomic E-state index is 12.2. The summed E-state index contributed by atoms with van der Waals surface area (Å²) in [6, 6.07) is 7.94. The van der Waals surface area contributed by atoms with Crippen LogP contribution in [0.25, 0.3) is 0 Å². The van der Waals surface area contributed by atoms with Crippen LogP contribution in [-0.4, -0.2) is 50.4 Å². The first-order valence-electron chi connectivity index (χ1n) is 10.3. The summed E-state index contributed by atoms with van der Waals surface area (Å²) in [4.78, 5) is 26.2. The Labute approximate surface area is 174 Å². The summed E-state index contributed by atoms with van der Waals surface area (Å²) in [5.74, 6) is 1.30. The van der Waals surface area contributed by atoms with Crippen LogP contribution in [0.3, 0.4) is 0 Å². The number of alkyl carbamates (subject to hydrolysis) is 1. The minimum absolute atomic E-state index is 0.0164. The second-order valence-electron chi connectivity index (χ2n) is 8.69. The van der Waals surface area contributed by atoms with Gasteiger partial charge in [0.1, 0.15) is 11.4 Å². The van der Waals surface area contributed by atoms with Crippen LogP contribution < -0.4 is 20.3 Å². The lowest BCUT2D eigenvalue weighted by Crippen LogP contribution is -2.38. The van der Waals surface area contributed by atoms with Crippen molar-refractivity contribution in [2.45, 2.75) is 58.6 Å². The van der Waals surface area contributed by atoms with Crippen molar-refractivity contribution in [1.29, 1.82) is 0 Å². The lowest BCUT2D eigenvalue weighted by molar-refractivity contribution is -0.121. The molecule has 0 radical (unpaired) electrons. The molecule has 0 bridgehead atoms. The molecule has 1 fully saturated rings. The Kier molecular flexibility index (Phi) is 8.17. The van der Waals surface area contributed by atoms with Crippen LogP contribution in [0.15, 0.2) is 24.3 Å². The molecule has 1 saturated heterocycles. The van der Waals surface area contributed by atoms with Crippen molar-refractivity contribution in [1.82, 2.24) is 10.6 Å². The number of nitrogens with one attached hydrogen (secondary N) is 2. The van der Waals surface area contributed by atoms with Gasteiger partial charge in [0.05, 0.1) is 7.11 Å². The molecular formula is C22H35N3O4. The van der Waals surface area contributed by atoms with Gasteiger partial charge >= 0.3 is 6.09 Å². The highest BCUT2D eigenvalue weighted by atomic mass is 16.6. The van der Waals surface area contributed by atoms with Gasteiger partial charge in [-0.15, -0.1) is 0 Å². The average molecular weight is 406 g/mol. The van der Waals surface area contributed by atoms with E-state index < -0.39 is 11.7 Å². The molecule has 0 aromatic heterocycles. The van der Waals surface area contributed by atoms with Gasteiger partial charge in [-0.05, 0) is 58.6 Å². The number of rotatable bonds is 8. The fourth-order valence-electron chi connectivity index (χ4n) is 3.32. The zero-order chi connectivity index (χ0) is 21.4. The number of anilines is 1. The number of nitrogens with zero attached hydrogens (tertiary/aromatic N) is 1. The zero-order valence-corrected chi connectivity index (χ0v) is 18.3. The first-order chi connectivity index (χ1) is 13.7. The minimum Gasteiger partial charge on any atom is -0.497 e. The van der Waals surface area contributed by atoms with E-state index in [0.29, 0.717) is 25.3 Å².